The Bertz CT molecular complexity index is 1150. The van der Waals surface area contributed by atoms with Crippen molar-refractivity contribution in [2.45, 2.75) is 20.5 Å². The molecule has 0 unspecified atom stereocenters. The van der Waals surface area contributed by atoms with Gasteiger partial charge in [0.25, 0.3) is 5.91 Å². The van der Waals surface area contributed by atoms with Crippen LogP contribution < -0.4 is 10.1 Å². The fourth-order valence-electron chi connectivity index (χ4n) is 2.85. The molecule has 5 heteroatoms. The third-order valence-corrected chi connectivity index (χ3v) is 4.53. The van der Waals surface area contributed by atoms with Crippen LogP contribution in [0.4, 0.5) is 10.1 Å². The number of hydrogen-bond acceptors (Lipinski definition) is 3. The molecule has 0 spiro atoms. The second-order valence-corrected chi connectivity index (χ2v) is 6.89. The fraction of sp³-hybridized carbons (Fsp3) is 0.120. The summed E-state index contributed by atoms with van der Waals surface area (Å²) < 4.78 is 19.4. The fourth-order valence-corrected chi connectivity index (χ4v) is 2.85. The highest BCUT2D eigenvalue weighted by Crippen LogP contribution is 2.20. The molecule has 3 aromatic rings. The number of carbonyl (C=O) groups excluding carboxylic acids is 1. The van der Waals surface area contributed by atoms with Crippen LogP contribution in [0.15, 0.2) is 72.3 Å². The quantitative estimate of drug-likeness (QED) is 0.435. The molecule has 3 rings (SSSR count). The standard InChI is InChI=1S/C25H21FN2O2/c1-17-10-11-18(2)24(12-17)28-25(29)21(15-27)13-19-6-5-8-22(14-19)30-16-20-7-3-4-9-23(20)26/h3-14H,16H2,1-2H3,(H,28,29)/b21-13-. The van der Waals surface area contributed by atoms with Crippen LogP contribution in [-0.2, 0) is 11.4 Å². The van der Waals surface area contributed by atoms with Gasteiger partial charge in [-0.05, 0) is 60.9 Å². The number of aryl methyl sites for hydroxylation is 2. The summed E-state index contributed by atoms with van der Waals surface area (Å²) in [6.45, 7) is 3.90. The molecule has 0 aliphatic carbocycles. The van der Waals surface area contributed by atoms with Crippen LogP contribution in [0.25, 0.3) is 6.08 Å². The number of rotatable bonds is 6. The van der Waals surface area contributed by atoms with E-state index in [0.717, 1.165) is 11.1 Å². The van der Waals surface area contributed by atoms with Gasteiger partial charge in [-0.25, -0.2) is 4.39 Å². The summed E-state index contributed by atoms with van der Waals surface area (Å²) in [4.78, 5) is 12.6. The van der Waals surface area contributed by atoms with E-state index in [4.69, 9.17) is 4.74 Å². The summed E-state index contributed by atoms with van der Waals surface area (Å²) in [6.07, 6.45) is 1.50. The summed E-state index contributed by atoms with van der Waals surface area (Å²) >= 11 is 0. The number of carbonyl (C=O) groups is 1. The van der Waals surface area contributed by atoms with Crippen molar-refractivity contribution in [3.63, 3.8) is 0 Å². The van der Waals surface area contributed by atoms with E-state index in [1.165, 1.54) is 12.1 Å². The van der Waals surface area contributed by atoms with Gasteiger partial charge in [0.2, 0.25) is 0 Å². The van der Waals surface area contributed by atoms with E-state index < -0.39 is 5.91 Å². The number of hydrogen-bond donors (Lipinski definition) is 1. The lowest BCUT2D eigenvalue weighted by Gasteiger charge is -2.09. The lowest BCUT2D eigenvalue weighted by atomic mass is 10.1. The van der Waals surface area contributed by atoms with Crippen molar-refractivity contribution in [1.82, 2.24) is 0 Å². The number of anilines is 1. The van der Waals surface area contributed by atoms with Gasteiger partial charge in [-0.2, -0.15) is 5.26 Å². The molecule has 1 amide bonds. The van der Waals surface area contributed by atoms with Gasteiger partial charge in [0, 0.05) is 11.3 Å². The average molecular weight is 400 g/mol. The zero-order valence-electron chi connectivity index (χ0n) is 16.8. The number of ether oxygens (including phenoxy) is 1. The van der Waals surface area contributed by atoms with Crippen LogP contribution in [0, 0.1) is 31.0 Å². The monoisotopic (exact) mass is 400 g/mol. The summed E-state index contributed by atoms with van der Waals surface area (Å²) in [5.41, 5.74) is 3.65. The van der Waals surface area contributed by atoms with Crippen LogP contribution in [0.1, 0.15) is 22.3 Å². The highest BCUT2D eigenvalue weighted by molar-refractivity contribution is 6.10. The van der Waals surface area contributed by atoms with E-state index in [9.17, 15) is 14.4 Å². The number of halogens is 1. The lowest BCUT2D eigenvalue weighted by molar-refractivity contribution is -0.112. The molecule has 150 valence electrons. The summed E-state index contributed by atoms with van der Waals surface area (Å²) in [6, 6.07) is 21.0. The highest BCUT2D eigenvalue weighted by Gasteiger charge is 2.11. The maximum Gasteiger partial charge on any atom is 0.266 e. The number of nitrogens with zero attached hydrogens (tertiary/aromatic N) is 1. The van der Waals surface area contributed by atoms with Gasteiger partial charge in [0.1, 0.15) is 29.8 Å². The van der Waals surface area contributed by atoms with Crippen molar-refractivity contribution < 1.29 is 13.9 Å². The Kier molecular flexibility index (Phi) is 6.61. The molecule has 0 heterocycles. The number of benzene rings is 3. The molecule has 0 aliphatic heterocycles. The zero-order chi connectivity index (χ0) is 21.5. The zero-order valence-corrected chi connectivity index (χ0v) is 16.8. The third-order valence-electron chi connectivity index (χ3n) is 4.53. The van der Waals surface area contributed by atoms with Crippen LogP contribution >= 0.6 is 0 Å². The Morgan fingerprint density at radius 2 is 1.90 bits per heavy atom. The minimum Gasteiger partial charge on any atom is -0.489 e. The molecule has 0 aromatic heterocycles. The lowest BCUT2D eigenvalue weighted by Crippen LogP contribution is -2.14. The van der Waals surface area contributed by atoms with E-state index >= 15 is 0 Å². The molecular formula is C25H21FN2O2. The summed E-state index contributed by atoms with van der Waals surface area (Å²) in [5.74, 6) is -0.300. The molecule has 30 heavy (non-hydrogen) atoms. The first kappa shape index (κ1) is 20.8. The van der Waals surface area contributed by atoms with Crippen molar-refractivity contribution in [2.75, 3.05) is 5.32 Å². The van der Waals surface area contributed by atoms with Crippen molar-refractivity contribution >= 4 is 17.7 Å². The van der Waals surface area contributed by atoms with Gasteiger partial charge in [0.05, 0.1) is 0 Å². The van der Waals surface area contributed by atoms with E-state index in [1.54, 1.807) is 42.5 Å². The first-order valence-corrected chi connectivity index (χ1v) is 9.43. The first-order chi connectivity index (χ1) is 14.5. The topological polar surface area (TPSA) is 62.1 Å². The van der Waals surface area contributed by atoms with E-state index in [0.29, 0.717) is 22.6 Å². The van der Waals surface area contributed by atoms with E-state index in [-0.39, 0.29) is 18.0 Å². The van der Waals surface area contributed by atoms with E-state index in [1.807, 2.05) is 38.1 Å². The van der Waals surface area contributed by atoms with E-state index in [2.05, 4.69) is 5.32 Å². The predicted octanol–water partition coefficient (Wildman–Crippen LogP) is 5.57. The minimum absolute atomic E-state index is 0.0258. The normalized spacial score (nSPS) is 10.9. The Morgan fingerprint density at radius 1 is 1.10 bits per heavy atom. The maximum absolute atomic E-state index is 13.7. The largest absolute Gasteiger partial charge is 0.489 e. The molecule has 0 atom stereocenters. The van der Waals surface area contributed by atoms with Crippen LogP contribution in [-0.4, -0.2) is 5.91 Å². The molecule has 0 aliphatic rings. The van der Waals surface area contributed by atoms with Crippen molar-refractivity contribution in [3.05, 3.63) is 100 Å². The van der Waals surface area contributed by atoms with Gasteiger partial charge in [0.15, 0.2) is 0 Å². The smallest absolute Gasteiger partial charge is 0.266 e. The molecule has 4 nitrogen and oxygen atoms in total. The Labute approximate surface area is 175 Å². The second-order valence-electron chi connectivity index (χ2n) is 6.89. The van der Waals surface area contributed by atoms with Crippen molar-refractivity contribution in [1.29, 1.82) is 5.26 Å². The molecule has 0 saturated heterocycles. The summed E-state index contributed by atoms with van der Waals surface area (Å²) in [7, 11) is 0. The van der Waals surface area contributed by atoms with Gasteiger partial charge >= 0.3 is 0 Å². The van der Waals surface area contributed by atoms with Crippen LogP contribution in [0.3, 0.4) is 0 Å². The Hall–Kier alpha value is -3.91. The maximum atomic E-state index is 13.7. The molecule has 1 N–H and O–H groups in total. The third kappa shape index (κ3) is 5.33. The predicted molar refractivity (Wildman–Crippen MR) is 115 cm³/mol. The van der Waals surface area contributed by atoms with Gasteiger partial charge in [-0.1, -0.05) is 42.5 Å². The van der Waals surface area contributed by atoms with Gasteiger partial charge in [-0.15, -0.1) is 0 Å². The molecule has 3 aromatic carbocycles. The molecular weight excluding hydrogens is 379 g/mol. The van der Waals surface area contributed by atoms with Crippen molar-refractivity contribution in [2.24, 2.45) is 0 Å². The van der Waals surface area contributed by atoms with Crippen LogP contribution in [0.5, 0.6) is 5.75 Å². The Balaban J connectivity index is 1.75. The SMILES string of the molecule is Cc1ccc(C)c(NC(=O)/C(C#N)=C\c2cccc(OCc3ccccc3F)c2)c1. The van der Waals surface area contributed by atoms with Crippen molar-refractivity contribution in [3.8, 4) is 11.8 Å². The molecule has 0 saturated carbocycles. The highest BCUT2D eigenvalue weighted by atomic mass is 19.1. The molecule has 0 bridgehead atoms. The molecule has 0 radical (unpaired) electrons. The van der Waals surface area contributed by atoms with Gasteiger partial charge < -0.3 is 10.1 Å². The number of nitrogens with one attached hydrogen (secondary N) is 1. The van der Waals surface area contributed by atoms with Gasteiger partial charge in [-0.3, -0.25) is 4.79 Å². The second kappa shape index (κ2) is 9.53. The summed E-state index contributed by atoms with van der Waals surface area (Å²) in [5, 5.41) is 12.2. The molecule has 0 fully saturated rings. The minimum atomic E-state index is -0.483. The average Bonchev–Trinajstić information content (AvgIpc) is 2.74. The Morgan fingerprint density at radius 3 is 2.67 bits per heavy atom. The first-order valence-electron chi connectivity index (χ1n) is 9.43. The number of nitriles is 1. The number of amides is 1. The van der Waals surface area contributed by atoms with Crippen LogP contribution in [0.2, 0.25) is 0 Å².